The molecular weight excluding hydrogens is 811 g/mol. The number of rotatable bonds is 9. The lowest BCUT2D eigenvalue weighted by molar-refractivity contribution is 0.347. The minimum absolute atomic E-state index is 0.0316. The highest BCUT2D eigenvalue weighted by molar-refractivity contribution is 6.03. The van der Waals surface area contributed by atoms with Gasteiger partial charge in [-0.3, -0.25) is 15.0 Å². The maximum Gasteiger partial charge on any atom is 0.0702 e. The lowest BCUT2D eigenvalue weighted by Gasteiger charge is -2.28. The molecule has 10 rings (SSSR count). The van der Waals surface area contributed by atoms with E-state index in [-0.39, 0.29) is 27.1 Å². The van der Waals surface area contributed by atoms with E-state index in [0.29, 0.717) is 0 Å². The van der Waals surface area contributed by atoms with Gasteiger partial charge in [0, 0.05) is 35.3 Å². The molecule has 3 aromatic heterocycles. The molecular formula is C64H65N3. The van der Waals surface area contributed by atoms with Crippen LogP contribution in [-0.4, -0.2) is 15.0 Å². The van der Waals surface area contributed by atoms with Crippen LogP contribution in [0, 0.1) is 27.1 Å². The zero-order valence-corrected chi connectivity index (χ0v) is 41.3. The van der Waals surface area contributed by atoms with Gasteiger partial charge in [0.25, 0.3) is 0 Å². The Morgan fingerprint density at radius 2 is 0.672 bits per heavy atom. The van der Waals surface area contributed by atoms with Crippen molar-refractivity contribution < 1.29 is 0 Å². The van der Waals surface area contributed by atoms with Crippen LogP contribution in [0.5, 0.6) is 0 Å². The second-order valence-electron chi connectivity index (χ2n) is 22.8. The lowest BCUT2D eigenvalue weighted by Crippen LogP contribution is -2.16. The third kappa shape index (κ3) is 8.15. The van der Waals surface area contributed by atoms with E-state index in [1.54, 1.807) is 0 Å². The molecule has 336 valence electrons. The maximum absolute atomic E-state index is 5.31. The molecule has 3 nitrogen and oxygen atoms in total. The molecule has 0 bridgehead atoms. The average molecular weight is 876 g/mol. The minimum atomic E-state index is -0.114. The number of allylic oxidation sites excluding steroid dienone is 6. The van der Waals surface area contributed by atoms with E-state index in [2.05, 4.69) is 233 Å². The fourth-order valence-electron chi connectivity index (χ4n) is 13.0. The van der Waals surface area contributed by atoms with Crippen molar-refractivity contribution in [3.63, 3.8) is 0 Å². The summed E-state index contributed by atoms with van der Waals surface area (Å²) in [6, 6.07) is 52.9. The molecule has 0 radical (unpaired) electrons. The molecule has 7 aromatic rings. The lowest BCUT2D eigenvalue weighted by atomic mass is 9.75. The van der Waals surface area contributed by atoms with Crippen molar-refractivity contribution in [2.45, 2.75) is 94.9 Å². The van der Waals surface area contributed by atoms with Crippen molar-refractivity contribution in [2.75, 3.05) is 0 Å². The highest BCUT2D eigenvalue weighted by atomic mass is 14.7. The quantitative estimate of drug-likeness (QED) is 0.145. The van der Waals surface area contributed by atoms with Gasteiger partial charge in [-0.1, -0.05) is 178 Å². The van der Waals surface area contributed by atoms with Gasteiger partial charge in [0.1, 0.15) is 0 Å². The first-order valence-electron chi connectivity index (χ1n) is 24.4. The minimum Gasteiger partial charge on any atom is -0.256 e. The summed E-state index contributed by atoms with van der Waals surface area (Å²) in [6.07, 6.45) is 10.5. The van der Waals surface area contributed by atoms with Crippen LogP contribution in [0.25, 0.3) is 67.1 Å². The van der Waals surface area contributed by atoms with E-state index in [9.17, 15) is 0 Å². The van der Waals surface area contributed by atoms with Crippen molar-refractivity contribution >= 4 is 33.4 Å². The Labute approximate surface area is 399 Å². The summed E-state index contributed by atoms with van der Waals surface area (Å²) in [5.74, 6) is 0. The van der Waals surface area contributed by atoms with Crippen molar-refractivity contribution in [2.24, 2.45) is 27.1 Å². The third-order valence-corrected chi connectivity index (χ3v) is 15.2. The molecule has 0 amide bonds. The molecule has 0 unspecified atom stereocenters. The number of hydrogen-bond donors (Lipinski definition) is 0. The molecule has 0 spiro atoms. The normalized spacial score (nSPS) is 19.1. The van der Waals surface area contributed by atoms with E-state index in [1.165, 1.54) is 66.8 Å². The number of nitrogens with zero attached hydrogens (tertiary/aromatic N) is 3. The van der Waals surface area contributed by atoms with Crippen LogP contribution in [0.4, 0.5) is 0 Å². The van der Waals surface area contributed by atoms with Crippen molar-refractivity contribution in [3.8, 4) is 33.6 Å². The monoisotopic (exact) mass is 876 g/mol. The van der Waals surface area contributed by atoms with Gasteiger partial charge in [-0.25, -0.2) is 0 Å². The topological polar surface area (TPSA) is 38.7 Å². The summed E-state index contributed by atoms with van der Waals surface area (Å²) < 4.78 is 0. The molecule has 0 saturated carbocycles. The summed E-state index contributed by atoms with van der Waals surface area (Å²) >= 11 is 0. The fraction of sp³-hybridized carbons (Fsp3) is 0.297. The summed E-state index contributed by atoms with van der Waals surface area (Å²) in [6.45, 7) is 24.4. The number of aromatic nitrogens is 3. The van der Waals surface area contributed by atoms with Gasteiger partial charge >= 0.3 is 0 Å². The maximum atomic E-state index is 5.31. The van der Waals surface area contributed by atoms with E-state index < -0.39 is 0 Å². The van der Waals surface area contributed by atoms with Crippen LogP contribution in [-0.2, 0) is 0 Å². The molecule has 67 heavy (non-hydrogen) atoms. The predicted molar refractivity (Wildman–Crippen MR) is 283 cm³/mol. The van der Waals surface area contributed by atoms with Crippen LogP contribution in [0.2, 0.25) is 0 Å². The Balaban J connectivity index is 1.22. The van der Waals surface area contributed by atoms with E-state index in [4.69, 9.17) is 15.0 Å². The highest BCUT2D eigenvalue weighted by Crippen LogP contribution is 2.63. The Bertz CT molecular complexity index is 2920. The van der Waals surface area contributed by atoms with Crippen molar-refractivity contribution in [1.29, 1.82) is 0 Å². The molecule has 0 saturated heterocycles. The molecule has 3 aliphatic rings. The highest BCUT2D eigenvalue weighted by Gasteiger charge is 2.48. The van der Waals surface area contributed by atoms with Gasteiger partial charge in [0.2, 0.25) is 0 Å². The molecule has 0 atom stereocenters. The van der Waals surface area contributed by atoms with Gasteiger partial charge < -0.3 is 0 Å². The summed E-state index contributed by atoms with van der Waals surface area (Å²) in [4.78, 5) is 15.5. The van der Waals surface area contributed by atoms with Gasteiger partial charge in [0.05, 0.1) is 17.1 Å². The second-order valence-corrected chi connectivity index (χ2v) is 22.8. The van der Waals surface area contributed by atoms with Crippen LogP contribution < -0.4 is 0 Å². The predicted octanol–water partition coefficient (Wildman–Crippen LogP) is 17.3. The molecule has 3 heterocycles. The van der Waals surface area contributed by atoms with Crippen LogP contribution in [0.1, 0.15) is 128 Å². The zero-order chi connectivity index (χ0) is 46.9. The number of hydrogen-bond acceptors (Lipinski definition) is 3. The van der Waals surface area contributed by atoms with E-state index in [1.807, 2.05) is 0 Å². The van der Waals surface area contributed by atoms with Gasteiger partial charge in [0.15, 0.2) is 0 Å². The third-order valence-electron chi connectivity index (χ3n) is 15.2. The second kappa shape index (κ2) is 16.4. The van der Waals surface area contributed by atoms with Gasteiger partial charge in [-0.2, -0.15) is 0 Å². The first-order valence-corrected chi connectivity index (χ1v) is 24.4. The Kier molecular flexibility index (Phi) is 10.9. The average Bonchev–Trinajstić information content (AvgIpc) is 3.83. The molecule has 0 fully saturated rings. The summed E-state index contributed by atoms with van der Waals surface area (Å²) in [7, 11) is 0. The number of benzene rings is 4. The van der Waals surface area contributed by atoms with Crippen LogP contribution in [0.3, 0.4) is 0 Å². The Morgan fingerprint density at radius 1 is 0.299 bits per heavy atom. The molecule has 4 aromatic carbocycles. The van der Waals surface area contributed by atoms with E-state index >= 15 is 0 Å². The summed E-state index contributed by atoms with van der Waals surface area (Å²) in [5.41, 5.74) is 21.9. The largest absolute Gasteiger partial charge is 0.256 e. The van der Waals surface area contributed by atoms with Gasteiger partial charge in [-0.15, -0.1) is 0 Å². The zero-order valence-electron chi connectivity index (χ0n) is 41.3. The molecule has 0 aliphatic heterocycles. The van der Waals surface area contributed by atoms with Crippen molar-refractivity contribution in [3.05, 3.63) is 198 Å². The molecule has 0 N–H and O–H groups in total. The molecule has 3 aliphatic carbocycles. The van der Waals surface area contributed by atoms with Crippen molar-refractivity contribution in [1.82, 2.24) is 15.0 Å². The summed E-state index contributed by atoms with van der Waals surface area (Å²) in [5, 5.41) is 0. The van der Waals surface area contributed by atoms with Crippen LogP contribution in [0.15, 0.2) is 164 Å². The SMILES string of the molecule is CC1(C)CCC(c2cc(C3=C(c4ccc(-c5ccccc5)nc4)C(C)(C)CC3(C)C)cc(C3=C(c4ccc(-c5ccccc5)cn4)C(C)(C)CC3(C)C)c2)=C1c1ccc(-c2ccccc2)nc1. The first-order chi connectivity index (χ1) is 31.9. The Hall–Kier alpha value is -6.45. The standard InChI is InChI=1S/C64H65N3/c1-60(2)33-32-51(55(60)46-27-29-52(65-38-46)43-22-16-12-17-23-43)48-34-49(57-56(61(3,4)40-62(57,5)6)47-28-30-53(66-39-47)44-24-18-13-19-25-44)36-50(35-48)58-59(64(9,10)41-63(58,7)8)54-31-26-45(37-67-54)42-20-14-11-15-21-42/h11-31,34-39H,32-33,40-41H2,1-10H3. The molecule has 3 heteroatoms. The number of pyridine rings is 3. The fourth-order valence-corrected chi connectivity index (χ4v) is 13.0. The Morgan fingerprint density at radius 3 is 1.13 bits per heavy atom. The first kappa shape index (κ1) is 44.4. The van der Waals surface area contributed by atoms with Gasteiger partial charge in [-0.05, 0) is 156 Å². The smallest absolute Gasteiger partial charge is 0.0702 e. The van der Waals surface area contributed by atoms with E-state index in [0.717, 1.165) is 59.5 Å². The van der Waals surface area contributed by atoms with Crippen LogP contribution >= 0.6 is 0 Å².